The zero-order valence-electron chi connectivity index (χ0n) is 11.7. The van der Waals surface area contributed by atoms with Gasteiger partial charge in [0, 0.05) is 5.02 Å². The summed E-state index contributed by atoms with van der Waals surface area (Å²) in [5.74, 6) is -0.156. The maximum Gasteiger partial charge on any atom is 0.416 e. The van der Waals surface area contributed by atoms with Crippen molar-refractivity contribution in [1.29, 1.82) is 0 Å². The third-order valence-electron chi connectivity index (χ3n) is 2.98. The van der Waals surface area contributed by atoms with Crippen LogP contribution >= 0.6 is 23.8 Å². The van der Waals surface area contributed by atoms with Gasteiger partial charge in [-0.3, -0.25) is 0 Å². The summed E-state index contributed by atoms with van der Waals surface area (Å²) >= 11 is 11.1. The first kappa shape index (κ1) is 17.4. The van der Waals surface area contributed by atoms with Crippen molar-refractivity contribution in [2.24, 2.45) is 0 Å². The van der Waals surface area contributed by atoms with Gasteiger partial charge in [-0.05, 0) is 36.4 Å². The van der Waals surface area contributed by atoms with Crippen molar-refractivity contribution in [3.63, 3.8) is 0 Å². The van der Waals surface area contributed by atoms with E-state index in [1.807, 2.05) is 0 Å². The van der Waals surface area contributed by atoms with Crippen molar-refractivity contribution in [3.05, 3.63) is 52.5 Å². The Morgan fingerprint density at radius 1 is 1.22 bits per heavy atom. The number of phenols is 1. The second-order valence-electron chi connectivity index (χ2n) is 4.53. The van der Waals surface area contributed by atoms with E-state index in [0.717, 1.165) is 12.1 Å². The lowest BCUT2D eigenvalue weighted by atomic mass is 10.1. The molecular weight excluding hydrogens is 351 g/mol. The summed E-state index contributed by atoms with van der Waals surface area (Å²) in [4.78, 5) is 0.175. The highest BCUT2D eigenvalue weighted by Gasteiger charge is 2.31. The number of alkyl halides is 3. The first-order valence-electron chi connectivity index (χ1n) is 6.27. The van der Waals surface area contributed by atoms with Crippen LogP contribution in [0.25, 0.3) is 0 Å². The molecule has 0 saturated heterocycles. The number of methoxy groups -OCH3 is 1. The lowest BCUT2D eigenvalue weighted by Gasteiger charge is -2.14. The van der Waals surface area contributed by atoms with Crippen LogP contribution in [-0.4, -0.2) is 17.2 Å². The second-order valence-corrected chi connectivity index (χ2v) is 5.37. The van der Waals surface area contributed by atoms with Crippen molar-refractivity contribution in [3.8, 4) is 11.5 Å². The monoisotopic (exact) mass is 361 g/mol. The van der Waals surface area contributed by atoms with Crippen LogP contribution in [-0.2, 0) is 6.18 Å². The Balaban J connectivity index is 2.27. The highest BCUT2D eigenvalue weighted by atomic mass is 35.5. The predicted molar refractivity (Wildman–Crippen MR) is 86.4 cm³/mol. The number of nitrogens with one attached hydrogen (secondary N) is 1. The Labute approximate surface area is 140 Å². The van der Waals surface area contributed by atoms with Crippen LogP contribution in [0, 0.1) is 0 Å². The van der Waals surface area contributed by atoms with Crippen LogP contribution in [0.1, 0.15) is 11.1 Å². The fraction of sp³-hybridized carbons (Fsp3) is 0.133. The molecule has 0 heterocycles. The average Bonchev–Trinajstić information content (AvgIpc) is 2.47. The van der Waals surface area contributed by atoms with Crippen molar-refractivity contribution >= 4 is 34.5 Å². The molecule has 0 saturated carbocycles. The van der Waals surface area contributed by atoms with Crippen LogP contribution in [0.15, 0.2) is 36.4 Å². The van der Waals surface area contributed by atoms with Gasteiger partial charge in [-0.2, -0.15) is 13.2 Å². The van der Waals surface area contributed by atoms with Gasteiger partial charge in [0.05, 0.1) is 23.9 Å². The van der Waals surface area contributed by atoms with E-state index in [-0.39, 0.29) is 10.7 Å². The topological polar surface area (TPSA) is 41.5 Å². The van der Waals surface area contributed by atoms with Crippen LogP contribution in [0.4, 0.5) is 18.9 Å². The molecule has 0 fully saturated rings. The number of hydrogen-bond acceptors (Lipinski definition) is 3. The molecule has 2 aromatic rings. The minimum Gasteiger partial charge on any atom is -0.506 e. The van der Waals surface area contributed by atoms with E-state index < -0.39 is 17.5 Å². The number of thiocarbonyl (C=S) groups is 1. The van der Waals surface area contributed by atoms with E-state index in [0.29, 0.717) is 22.4 Å². The van der Waals surface area contributed by atoms with Crippen LogP contribution in [0.5, 0.6) is 11.5 Å². The number of rotatable bonds is 3. The average molecular weight is 362 g/mol. The molecule has 0 aromatic heterocycles. The Morgan fingerprint density at radius 2 is 1.91 bits per heavy atom. The molecular formula is C15H11ClF3NO2S. The van der Waals surface area contributed by atoms with Crippen molar-refractivity contribution in [2.75, 3.05) is 12.4 Å². The quantitative estimate of drug-likeness (QED) is 0.605. The molecule has 0 unspecified atom stereocenters. The maximum atomic E-state index is 12.6. The normalized spacial score (nSPS) is 11.2. The highest BCUT2D eigenvalue weighted by Crippen LogP contribution is 2.35. The molecule has 122 valence electrons. The van der Waals surface area contributed by atoms with Gasteiger partial charge in [0.1, 0.15) is 16.5 Å². The van der Waals surface area contributed by atoms with Crippen molar-refractivity contribution < 1.29 is 23.0 Å². The lowest BCUT2D eigenvalue weighted by molar-refractivity contribution is -0.137. The summed E-state index contributed by atoms with van der Waals surface area (Å²) in [6.07, 6.45) is -4.53. The number of benzene rings is 2. The summed E-state index contributed by atoms with van der Waals surface area (Å²) in [5.41, 5.74) is -0.401. The number of hydrogen-bond donors (Lipinski definition) is 2. The zero-order chi connectivity index (χ0) is 17.2. The number of halogens is 4. The maximum absolute atomic E-state index is 12.6. The van der Waals surface area contributed by atoms with E-state index in [9.17, 15) is 18.3 Å². The molecule has 0 aliphatic heterocycles. The lowest BCUT2D eigenvalue weighted by Crippen LogP contribution is -2.12. The Bertz CT molecular complexity index is 750. The van der Waals surface area contributed by atoms with E-state index >= 15 is 0 Å². The smallest absolute Gasteiger partial charge is 0.416 e. The zero-order valence-corrected chi connectivity index (χ0v) is 13.3. The summed E-state index contributed by atoms with van der Waals surface area (Å²) in [7, 11) is 1.44. The Morgan fingerprint density at radius 3 is 2.48 bits per heavy atom. The summed E-state index contributed by atoms with van der Waals surface area (Å²) in [6.45, 7) is 0. The van der Waals surface area contributed by atoms with E-state index in [2.05, 4.69) is 5.32 Å². The molecule has 0 aliphatic carbocycles. The minimum atomic E-state index is -4.53. The van der Waals surface area contributed by atoms with E-state index in [1.54, 1.807) is 18.2 Å². The number of anilines is 1. The third-order valence-corrected chi connectivity index (χ3v) is 3.54. The summed E-state index contributed by atoms with van der Waals surface area (Å²) in [6, 6.07) is 7.34. The Hall–Kier alpha value is -1.99. The molecule has 0 radical (unpaired) electrons. The first-order valence-corrected chi connectivity index (χ1v) is 7.06. The molecule has 2 rings (SSSR count). The van der Waals surface area contributed by atoms with Gasteiger partial charge in [-0.15, -0.1) is 0 Å². The van der Waals surface area contributed by atoms with Crippen molar-refractivity contribution in [1.82, 2.24) is 0 Å². The highest BCUT2D eigenvalue weighted by molar-refractivity contribution is 7.81. The number of aromatic hydroxyl groups is 1. The van der Waals surface area contributed by atoms with Gasteiger partial charge in [0.2, 0.25) is 0 Å². The molecule has 23 heavy (non-hydrogen) atoms. The van der Waals surface area contributed by atoms with Crippen molar-refractivity contribution in [2.45, 2.75) is 6.18 Å². The van der Waals surface area contributed by atoms with Gasteiger partial charge < -0.3 is 15.2 Å². The molecule has 0 amide bonds. The van der Waals surface area contributed by atoms with E-state index in [1.165, 1.54) is 7.11 Å². The summed E-state index contributed by atoms with van der Waals surface area (Å²) in [5, 5.41) is 12.9. The van der Waals surface area contributed by atoms with Gasteiger partial charge in [0.25, 0.3) is 0 Å². The van der Waals surface area contributed by atoms with Gasteiger partial charge >= 0.3 is 6.18 Å². The number of phenolic OH excluding ortho intramolecular Hbond substituents is 1. The van der Waals surface area contributed by atoms with Gasteiger partial charge in [-0.25, -0.2) is 0 Å². The second kappa shape index (κ2) is 6.64. The third kappa shape index (κ3) is 4.05. The largest absolute Gasteiger partial charge is 0.506 e. The standard InChI is InChI=1S/C15H11ClF3NO2S/c1-22-13-7-9(16)3-4-10(13)14(23)20-11-5-2-8(6-12(11)21)15(17,18)19/h2-7,21H,1H3,(H,20,23). The molecule has 8 heteroatoms. The molecule has 0 spiro atoms. The molecule has 0 bridgehead atoms. The molecule has 2 N–H and O–H groups in total. The van der Waals surface area contributed by atoms with Gasteiger partial charge in [-0.1, -0.05) is 23.8 Å². The molecule has 2 aromatic carbocycles. The Kier molecular flexibility index (Phi) is 5.01. The first-order chi connectivity index (χ1) is 10.7. The summed E-state index contributed by atoms with van der Waals surface area (Å²) < 4.78 is 42.9. The number of ether oxygens (including phenoxy) is 1. The van der Waals surface area contributed by atoms with E-state index in [4.69, 9.17) is 28.6 Å². The fourth-order valence-corrected chi connectivity index (χ4v) is 2.30. The molecule has 0 atom stereocenters. The fourth-order valence-electron chi connectivity index (χ4n) is 1.86. The minimum absolute atomic E-state index is 0.0556. The van der Waals surface area contributed by atoms with Crippen LogP contribution < -0.4 is 10.1 Å². The van der Waals surface area contributed by atoms with Crippen LogP contribution in [0.2, 0.25) is 5.02 Å². The predicted octanol–water partition coefficient (Wildman–Crippen LogP) is 4.86. The molecule has 0 aliphatic rings. The SMILES string of the molecule is COc1cc(Cl)ccc1C(=S)Nc1ccc(C(F)(F)F)cc1O. The van der Waals surface area contributed by atoms with Gasteiger partial charge in [0.15, 0.2) is 0 Å². The van der Waals surface area contributed by atoms with Crippen LogP contribution in [0.3, 0.4) is 0 Å². The molecule has 3 nitrogen and oxygen atoms in total.